The summed E-state index contributed by atoms with van der Waals surface area (Å²) in [6, 6.07) is 0. The summed E-state index contributed by atoms with van der Waals surface area (Å²) in [4.78, 5) is 11.8. The summed E-state index contributed by atoms with van der Waals surface area (Å²) in [6.07, 6.45) is 6.37. The van der Waals surface area contributed by atoms with Gasteiger partial charge in [-0.1, -0.05) is 37.8 Å². The molecule has 0 aromatic carbocycles. The van der Waals surface area contributed by atoms with Gasteiger partial charge in [0.2, 0.25) is 0 Å². The monoisotopic (exact) mass is 287 g/mol. The molecule has 0 amide bonds. The Labute approximate surface area is 105 Å². The van der Waals surface area contributed by atoms with Crippen LogP contribution in [0.5, 0.6) is 0 Å². The van der Waals surface area contributed by atoms with Gasteiger partial charge in [-0.15, -0.1) is 5.10 Å². The van der Waals surface area contributed by atoms with Gasteiger partial charge in [0.1, 0.15) is 5.69 Å². The van der Waals surface area contributed by atoms with Crippen molar-refractivity contribution in [2.45, 2.75) is 45.4 Å². The second-order valence-corrected chi connectivity index (χ2v) is 4.69. The van der Waals surface area contributed by atoms with Crippen LogP contribution in [0.2, 0.25) is 0 Å². The predicted octanol–water partition coefficient (Wildman–Crippen LogP) is 3.12. The Morgan fingerprint density at radius 1 is 1.31 bits per heavy atom. The van der Waals surface area contributed by atoms with Crippen molar-refractivity contribution in [2.24, 2.45) is 7.05 Å². The van der Waals surface area contributed by atoms with E-state index in [1.165, 1.54) is 23.9 Å². The van der Waals surface area contributed by atoms with E-state index < -0.39 is 0 Å². The van der Waals surface area contributed by atoms with Crippen molar-refractivity contribution in [3.63, 3.8) is 0 Å². The molecule has 0 bridgehead atoms. The van der Waals surface area contributed by atoms with Crippen molar-refractivity contribution in [3.8, 4) is 0 Å². The van der Waals surface area contributed by atoms with E-state index in [-0.39, 0.29) is 5.78 Å². The Kier molecular flexibility index (Phi) is 5.66. The van der Waals surface area contributed by atoms with E-state index >= 15 is 0 Å². The third kappa shape index (κ3) is 3.70. The zero-order valence-corrected chi connectivity index (χ0v) is 11.5. The number of unbranched alkanes of at least 4 members (excludes halogenated alkanes) is 4. The molecule has 5 heteroatoms. The van der Waals surface area contributed by atoms with Crippen LogP contribution in [0.1, 0.15) is 55.9 Å². The third-order valence-electron chi connectivity index (χ3n) is 2.56. The van der Waals surface area contributed by atoms with Crippen LogP contribution in [0.3, 0.4) is 0 Å². The number of halogens is 1. The van der Waals surface area contributed by atoms with Gasteiger partial charge >= 0.3 is 0 Å². The minimum atomic E-state index is 0.121. The van der Waals surface area contributed by atoms with Gasteiger partial charge in [0, 0.05) is 13.5 Å². The molecule has 0 unspecified atom stereocenters. The molecule has 1 heterocycles. The van der Waals surface area contributed by atoms with Crippen molar-refractivity contribution in [2.75, 3.05) is 0 Å². The van der Waals surface area contributed by atoms with Crippen molar-refractivity contribution < 1.29 is 4.79 Å². The fourth-order valence-corrected chi connectivity index (χ4v) is 2.18. The number of aromatic nitrogens is 3. The molecule has 0 radical (unpaired) electrons. The molecule has 0 aliphatic carbocycles. The molecular weight excluding hydrogens is 270 g/mol. The molecular formula is C11H18BrN3O. The first kappa shape index (κ1) is 13.4. The van der Waals surface area contributed by atoms with Crippen molar-refractivity contribution in [1.29, 1.82) is 0 Å². The number of carbonyl (C=O) groups is 1. The van der Waals surface area contributed by atoms with Gasteiger partial charge in [-0.25, -0.2) is 4.68 Å². The van der Waals surface area contributed by atoms with E-state index in [0.717, 1.165) is 12.8 Å². The molecule has 0 aliphatic heterocycles. The Bertz CT molecular complexity index is 329. The third-order valence-corrected chi connectivity index (χ3v) is 3.09. The maximum atomic E-state index is 11.8. The average Bonchev–Trinajstić information content (AvgIpc) is 2.58. The summed E-state index contributed by atoms with van der Waals surface area (Å²) in [5.41, 5.74) is 0.579. The lowest BCUT2D eigenvalue weighted by Gasteiger charge is -2.01. The largest absolute Gasteiger partial charge is 0.292 e. The number of rotatable bonds is 7. The Morgan fingerprint density at radius 3 is 2.56 bits per heavy atom. The van der Waals surface area contributed by atoms with Crippen LogP contribution in [-0.2, 0) is 7.05 Å². The highest BCUT2D eigenvalue weighted by Gasteiger charge is 2.15. The molecule has 0 saturated carbocycles. The molecule has 1 rings (SSSR count). The van der Waals surface area contributed by atoms with E-state index in [0.29, 0.717) is 16.7 Å². The van der Waals surface area contributed by atoms with Gasteiger partial charge in [-0.05, 0) is 22.4 Å². The van der Waals surface area contributed by atoms with E-state index in [1.54, 1.807) is 7.05 Å². The molecule has 0 aliphatic rings. The number of hydrogen-bond acceptors (Lipinski definition) is 3. The second-order valence-electron chi connectivity index (χ2n) is 3.94. The molecule has 1 aromatic rings. The topological polar surface area (TPSA) is 47.8 Å². The van der Waals surface area contributed by atoms with Crippen LogP contribution in [0.4, 0.5) is 0 Å². The molecule has 90 valence electrons. The van der Waals surface area contributed by atoms with E-state index in [9.17, 15) is 4.79 Å². The Hall–Kier alpha value is -0.710. The summed E-state index contributed by atoms with van der Waals surface area (Å²) in [6.45, 7) is 2.18. The van der Waals surface area contributed by atoms with Crippen molar-refractivity contribution in [3.05, 3.63) is 10.3 Å². The zero-order chi connectivity index (χ0) is 12.0. The fraction of sp³-hybridized carbons (Fsp3) is 0.727. The van der Waals surface area contributed by atoms with Crippen molar-refractivity contribution in [1.82, 2.24) is 15.0 Å². The van der Waals surface area contributed by atoms with Crippen LogP contribution in [0.15, 0.2) is 4.60 Å². The molecule has 0 saturated heterocycles. The van der Waals surface area contributed by atoms with Crippen molar-refractivity contribution >= 4 is 21.7 Å². The number of carbonyl (C=O) groups excluding carboxylic acids is 1. The zero-order valence-electron chi connectivity index (χ0n) is 9.87. The smallest absolute Gasteiger partial charge is 0.183 e. The quantitative estimate of drug-likeness (QED) is 0.572. The molecule has 0 fully saturated rings. The summed E-state index contributed by atoms with van der Waals surface area (Å²) < 4.78 is 2.08. The average molecular weight is 288 g/mol. The molecule has 16 heavy (non-hydrogen) atoms. The molecule has 1 aromatic heterocycles. The van der Waals surface area contributed by atoms with Gasteiger partial charge in [0.05, 0.1) is 0 Å². The number of nitrogens with zero attached hydrogens (tertiary/aromatic N) is 3. The first-order chi connectivity index (χ1) is 7.66. The normalized spacial score (nSPS) is 10.7. The van der Waals surface area contributed by atoms with E-state index in [2.05, 4.69) is 33.2 Å². The Balaban J connectivity index is 2.36. The van der Waals surface area contributed by atoms with E-state index in [4.69, 9.17) is 0 Å². The molecule has 4 nitrogen and oxygen atoms in total. The van der Waals surface area contributed by atoms with Crippen LogP contribution in [-0.4, -0.2) is 20.8 Å². The number of ketones is 1. The lowest BCUT2D eigenvalue weighted by Crippen LogP contribution is -2.07. The minimum Gasteiger partial charge on any atom is -0.292 e. The lowest BCUT2D eigenvalue weighted by molar-refractivity contribution is 0.0969. The standard InChI is InChI=1S/C11H18BrN3O/c1-3-4-5-6-7-8-9(16)10-11(12)13-14-15(10)2/h3-8H2,1-2H3. The highest BCUT2D eigenvalue weighted by atomic mass is 79.9. The predicted molar refractivity (Wildman–Crippen MR) is 66.4 cm³/mol. The van der Waals surface area contributed by atoms with Gasteiger partial charge in [0.15, 0.2) is 10.4 Å². The molecule has 0 spiro atoms. The maximum Gasteiger partial charge on any atom is 0.183 e. The molecule has 0 atom stereocenters. The summed E-state index contributed by atoms with van der Waals surface area (Å²) in [7, 11) is 1.74. The Morgan fingerprint density at radius 2 is 2.00 bits per heavy atom. The lowest BCUT2D eigenvalue weighted by atomic mass is 10.1. The van der Waals surface area contributed by atoms with Gasteiger partial charge in [-0.3, -0.25) is 4.79 Å². The highest BCUT2D eigenvalue weighted by Crippen LogP contribution is 2.15. The first-order valence-corrected chi connectivity index (χ1v) is 6.54. The van der Waals surface area contributed by atoms with Crippen LogP contribution in [0.25, 0.3) is 0 Å². The van der Waals surface area contributed by atoms with Crippen LogP contribution < -0.4 is 0 Å². The maximum absolute atomic E-state index is 11.8. The minimum absolute atomic E-state index is 0.121. The van der Waals surface area contributed by atoms with E-state index in [1.807, 2.05) is 0 Å². The summed E-state index contributed by atoms with van der Waals surface area (Å²) in [5.74, 6) is 0.121. The molecule has 0 N–H and O–H groups in total. The summed E-state index contributed by atoms with van der Waals surface area (Å²) in [5, 5.41) is 7.60. The first-order valence-electron chi connectivity index (χ1n) is 5.75. The van der Waals surface area contributed by atoms with Gasteiger partial charge in [-0.2, -0.15) is 0 Å². The van der Waals surface area contributed by atoms with Crippen LogP contribution in [0, 0.1) is 0 Å². The number of hydrogen-bond donors (Lipinski definition) is 0. The highest BCUT2D eigenvalue weighted by molar-refractivity contribution is 9.10. The van der Waals surface area contributed by atoms with Gasteiger partial charge in [0.25, 0.3) is 0 Å². The number of Topliss-reactive ketones (excluding diaryl/α,β-unsaturated/α-hetero) is 1. The SMILES string of the molecule is CCCCCCCC(=O)c1c(Br)nnn1C. The van der Waals surface area contributed by atoms with Crippen LogP contribution >= 0.6 is 15.9 Å². The van der Waals surface area contributed by atoms with Gasteiger partial charge < -0.3 is 0 Å². The second kappa shape index (κ2) is 6.78. The summed E-state index contributed by atoms with van der Waals surface area (Å²) >= 11 is 3.24. The number of aryl methyl sites for hydroxylation is 1. The fourth-order valence-electron chi connectivity index (χ4n) is 1.63.